The van der Waals surface area contributed by atoms with Crippen LogP contribution in [0.1, 0.15) is 29.9 Å². The Balaban J connectivity index is 1.60. The lowest BCUT2D eigenvalue weighted by Gasteiger charge is -2.27. The van der Waals surface area contributed by atoms with Crippen molar-refractivity contribution >= 4 is 0 Å². The van der Waals surface area contributed by atoms with E-state index in [0.717, 1.165) is 37.7 Å². The lowest BCUT2D eigenvalue weighted by atomic mass is 10.0. The Bertz CT molecular complexity index is 423. The second-order valence-electron chi connectivity index (χ2n) is 5.69. The fraction of sp³-hybridized carbons (Fsp3) is 0.625. The number of piperazine rings is 1. The van der Waals surface area contributed by atoms with Gasteiger partial charge >= 0.3 is 0 Å². The predicted octanol–water partition coefficient (Wildman–Crippen LogP) is 2.02. The highest BCUT2D eigenvalue weighted by Gasteiger charge is 2.26. The van der Waals surface area contributed by atoms with E-state index in [1.807, 2.05) is 0 Å². The molecule has 0 aromatic heterocycles. The highest BCUT2D eigenvalue weighted by Crippen LogP contribution is 2.44. The molecule has 1 heterocycles. The van der Waals surface area contributed by atoms with Gasteiger partial charge in [0.25, 0.3) is 0 Å². The number of hydrogen-bond acceptors (Lipinski definition) is 3. The van der Waals surface area contributed by atoms with Crippen LogP contribution in [-0.2, 0) is 6.42 Å². The molecule has 2 aliphatic rings. The van der Waals surface area contributed by atoms with E-state index in [-0.39, 0.29) is 0 Å². The summed E-state index contributed by atoms with van der Waals surface area (Å²) in [6.07, 6.45) is 3.79. The van der Waals surface area contributed by atoms with E-state index in [1.54, 1.807) is 7.11 Å². The summed E-state index contributed by atoms with van der Waals surface area (Å²) in [6.45, 7) is 5.77. The van der Waals surface area contributed by atoms with Crippen molar-refractivity contribution in [2.45, 2.75) is 25.2 Å². The molecule has 1 saturated carbocycles. The van der Waals surface area contributed by atoms with E-state index < -0.39 is 0 Å². The Morgan fingerprint density at radius 1 is 1.26 bits per heavy atom. The predicted molar refractivity (Wildman–Crippen MR) is 78.0 cm³/mol. The minimum absolute atomic E-state index is 0.761. The van der Waals surface area contributed by atoms with E-state index in [2.05, 4.69) is 28.4 Å². The number of nitrogens with one attached hydrogen (secondary N) is 1. The topological polar surface area (TPSA) is 24.5 Å². The van der Waals surface area contributed by atoms with Crippen molar-refractivity contribution in [3.05, 3.63) is 29.3 Å². The minimum atomic E-state index is 0.761. The Hall–Kier alpha value is -1.06. The molecule has 1 aromatic carbocycles. The summed E-state index contributed by atoms with van der Waals surface area (Å²) in [6, 6.07) is 6.82. The average molecular weight is 260 g/mol. The van der Waals surface area contributed by atoms with Crippen LogP contribution in [0, 0.1) is 0 Å². The maximum absolute atomic E-state index is 5.56. The standard InChI is InChI=1S/C16H24N2O/c1-19-16-12-13(2-5-15(16)14-3-4-14)6-9-18-10-7-17-8-11-18/h2,5,12,14,17H,3-4,6-11H2,1H3. The minimum Gasteiger partial charge on any atom is -0.496 e. The molecule has 1 saturated heterocycles. The number of ether oxygens (including phenoxy) is 1. The average Bonchev–Trinajstić information content (AvgIpc) is 3.30. The van der Waals surface area contributed by atoms with Crippen LogP contribution < -0.4 is 10.1 Å². The number of hydrogen-bond donors (Lipinski definition) is 1. The van der Waals surface area contributed by atoms with Crippen LogP contribution in [-0.4, -0.2) is 44.7 Å². The lowest BCUT2D eigenvalue weighted by Crippen LogP contribution is -2.44. The van der Waals surface area contributed by atoms with Gasteiger partial charge in [-0.25, -0.2) is 0 Å². The fourth-order valence-corrected chi connectivity index (χ4v) is 2.86. The molecule has 0 amide bonds. The van der Waals surface area contributed by atoms with E-state index in [4.69, 9.17) is 4.74 Å². The molecule has 3 rings (SSSR count). The SMILES string of the molecule is COc1cc(CCN2CCNCC2)ccc1C1CC1. The van der Waals surface area contributed by atoms with Crippen LogP contribution in [0.3, 0.4) is 0 Å². The van der Waals surface area contributed by atoms with Crippen molar-refractivity contribution in [3.8, 4) is 5.75 Å². The molecule has 0 atom stereocenters. The summed E-state index contributed by atoms with van der Waals surface area (Å²) in [4.78, 5) is 2.54. The molecule has 0 spiro atoms. The largest absolute Gasteiger partial charge is 0.496 e. The van der Waals surface area contributed by atoms with E-state index in [1.165, 1.54) is 37.1 Å². The number of rotatable bonds is 5. The van der Waals surface area contributed by atoms with Crippen LogP contribution in [0.5, 0.6) is 5.75 Å². The maximum Gasteiger partial charge on any atom is 0.122 e. The van der Waals surface area contributed by atoms with Crippen molar-refractivity contribution in [2.75, 3.05) is 39.8 Å². The third kappa shape index (κ3) is 3.28. The van der Waals surface area contributed by atoms with E-state index >= 15 is 0 Å². The van der Waals surface area contributed by atoms with E-state index in [0.29, 0.717) is 0 Å². The Labute approximate surface area is 115 Å². The third-order valence-electron chi connectivity index (χ3n) is 4.24. The first-order chi connectivity index (χ1) is 9.36. The lowest BCUT2D eigenvalue weighted by molar-refractivity contribution is 0.244. The highest BCUT2D eigenvalue weighted by atomic mass is 16.5. The molecule has 0 bridgehead atoms. The fourth-order valence-electron chi connectivity index (χ4n) is 2.86. The molecule has 3 heteroatoms. The van der Waals surface area contributed by atoms with Crippen LogP contribution >= 0.6 is 0 Å². The van der Waals surface area contributed by atoms with Gasteiger partial charge in [0.05, 0.1) is 7.11 Å². The van der Waals surface area contributed by atoms with Gasteiger partial charge in [-0.1, -0.05) is 12.1 Å². The molecule has 19 heavy (non-hydrogen) atoms. The quantitative estimate of drug-likeness (QED) is 0.876. The van der Waals surface area contributed by atoms with Crippen LogP contribution in [0.4, 0.5) is 0 Å². The van der Waals surface area contributed by atoms with Crippen LogP contribution in [0.2, 0.25) is 0 Å². The van der Waals surface area contributed by atoms with Crippen molar-refractivity contribution in [1.82, 2.24) is 10.2 Å². The number of nitrogens with zero attached hydrogens (tertiary/aromatic N) is 1. The van der Waals surface area contributed by atoms with Crippen molar-refractivity contribution in [2.24, 2.45) is 0 Å². The summed E-state index contributed by atoms with van der Waals surface area (Å²) < 4.78 is 5.56. The molecule has 1 aliphatic carbocycles. The molecule has 1 aliphatic heterocycles. The normalized spacial score (nSPS) is 20.5. The van der Waals surface area contributed by atoms with Gasteiger partial charge in [0.1, 0.15) is 5.75 Å². The Morgan fingerprint density at radius 2 is 2.05 bits per heavy atom. The van der Waals surface area contributed by atoms with Gasteiger partial charge in [-0.15, -0.1) is 0 Å². The van der Waals surface area contributed by atoms with Gasteiger partial charge in [-0.2, -0.15) is 0 Å². The van der Waals surface area contributed by atoms with Gasteiger partial charge in [0.15, 0.2) is 0 Å². The number of benzene rings is 1. The molecule has 1 N–H and O–H groups in total. The molecule has 1 aromatic rings. The van der Waals surface area contributed by atoms with Crippen molar-refractivity contribution in [3.63, 3.8) is 0 Å². The van der Waals surface area contributed by atoms with E-state index in [9.17, 15) is 0 Å². The Kier molecular flexibility index (Phi) is 4.04. The summed E-state index contributed by atoms with van der Waals surface area (Å²) in [5.41, 5.74) is 2.81. The zero-order valence-electron chi connectivity index (χ0n) is 11.8. The van der Waals surface area contributed by atoms with Crippen LogP contribution in [0.25, 0.3) is 0 Å². The zero-order chi connectivity index (χ0) is 13.1. The highest BCUT2D eigenvalue weighted by molar-refractivity contribution is 5.41. The van der Waals surface area contributed by atoms with Crippen molar-refractivity contribution in [1.29, 1.82) is 0 Å². The molecular weight excluding hydrogens is 236 g/mol. The zero-order valence-corrected chi connectivity index (χ0v) is 11.8. The summed E-state index contributed by atoms with van der Waals surface area (Å²) in [7, 11) is 1.79. The smallest absolute Gasteiger partial charge is 0.122 e. The summed E-state index contributed by atoms with van der Waals surface area (Å²) in [5.74, 6) is 1.86. The molecule has 104 valence electrons. The van der Waals surface area contributed by atoms with Gasteiger partial charge < -0.3 is 15.0 Å². The van der Waals surface area contributed by atoms with Crippen molar-refractivity contribution < 1.29 is 4.74 Å². The van der Waals surface area contributed by atoms with Gasteiger partial charge in [0, 0.05) is 32.7 Å². The third-order valence-corrected chi connectivity index (χ3v) is 4.24. The monoisotopic (exact) mass is 260 g/mol. The summed E-state index contributed by atoms with van der Waals surface area (Å²) in [5, 5.41) is 3.40. The second-order valence-corrected chi connectivity index (χ2v) is 5.69. The number of methoxy groups -OCH3 is 1. The van der Waals surface area contributed by atoms with Crippen LogP contribution in [0.15, 0.2) is 18.2 Å². The molecule has 2 fully saturated rings. The molecule has 3 nitrogen and oxygen atoms in total. The summed E-state index contributed by atoms with van der Waals surface area (Å²) >= 11 is 0. The van der Waals surface area contributed by atoms with Gasteiger partial charge in [-0.3, -0.25) is 0 Å². The first-order valence-corrected chi connectivity index (χ1v) is 7.46. The first kappa shape index (κ1) is 12.9. The maximum atomic E-state index is 5.56. The molecule has 0 radical (unpaired) electrons. The Morgan fingerprint density at radius 3 is 2.74 bits per heavy atom. The molecule has 0 unspecified atom stereocenters. The van der Waals surface area contributed by atoms with Gasteiger partial charge in [0.2, 0.25) is 0 Å². The first-order valence-electron chi connectivity index (χ1n) is 7.46. The second kappa shape index (κ2) is 5.93. The molecular formula is C16H24N2O. The van der Waals surface area contributed by atoms with Gasteiger partial charge in [-0.05, 0) is 42.4 Å².